The van der Waals surface area contributed by atoms with E-state index in [2.05, 4.69) is 20.5 Å². The molecule has 0 aliphatic carbocycles. The van der Waals surface area contributed by atoms with Crippen LogP contribution >= 0.6 is 11.6 Å². The number of nitrogens with zero attached hydrogens (tertiary/aromatic N) is 3. The van der Waals surface area contributed by atoms with Crippen molar-refractivity contribution >= 4 is 23.8 Å². The summed E-state index contributed by atoms with van der Waals surface area (Å²) in [6.07, 6.45) is 1.55. The quantitative estimate of drug-likeness (QED) is 0.268. The number of ether oxygens (including phenoxy) is 2. The highest BCUT2D eigenvalue weighted by molar-refractivity contribution is 6.30. The fourth-order valence-electron chi connectivity index (χ4n) is 3.23. The van der Waals surface area contributed by atoms with Gasteiger partial charge in [0.2, 0.25) is 5.95 Å². The average molecular weight is 486 g/mol. The van der Waals surface area contributed by atoms with E-state index in [1.165, 1.54) is 0 Å². The highest BCUT2D eigenvalue weighted by atomic mass is 35.5. The van der Waals surface area contributed by atoms with E-state index < -0.39 is 5.56 Å². The molecule has 1 aromatic heterocycles. The summed E-state index contributed by atoms with van der Waals surface area (Å²) < 4.78 is 11.3. The van der Waals surface area contributed by atoms with Crippen LogP contribution in [0.15, 0.2) is 82.7 Å². The zero-order valence-electron chi connectivity index (χ0n) is 18.7. The fraction of sp³-hybridized carbons (Fsp3) is 0.0769. The molecular weight excluding hydrogens is 466 g/mol. The summed E-state index contributed by atoms with van der Waals surface area (Å²) in [5.74, 6) is 1.23. The van der Waals surface area contributed by atoms with Gasteiger partial charge in [-0.05, 0) is 41.5 Å². The summed E-state index contributed by atoms with van der Waals surface area (Å²) in [5.41, 5.74) is 4.73. The van der Waals surface area contributed by atoms with Crippen molar-refractivity contribution in [3.63, 3.8) is 0 Å². The lowest BCUT2D eigenvalue weighted by Crippen LogP contribution is -2.16. The lowest BCUT2D eigenvalue weighted by atomic mass is 10.1. The van der Waals surface area contributed by atoms with Crippen molar-refractivity contribution in [2.45, 2.75) is 6.61 Å². The van der Waals surface area contributed by atoms with Crippen LogP contribution in [0, 0.1) is 11.3 Å². The smallest absolute Gasteiger partial charge is 0.270 e. The summed E-state index contributed by atoms with van der Waals surface area (Å²) in [6, 6.07) is 23.7. The van der Waals surface area contributed by atoms with E-state index in [0.717, 1.165) is 11.1 Å². The number of aromatic nitrogens is 2. The Bertz CT molecular complexity index is 1450. The second kappa shape index (κ2) is 11.0. The Hall–Kier alpha value is -4.61. The molecule has 0 aliphatic heterocycles. The topological polar surface area (TPSA) is 112 Å². The minimum atomic E-state index is -0.553. The Labute approximate surface area is 206 Å². The monoisotopic (exact) mass is 485 g/mol. The Morgan fingerprint density at radius 3 is 2.60 bits per heavy atom. The molecule has 0 spiro atoms. The maximum Gasteiger partial charge on any atom is 0.270 e. The van der Waals surface area contributed by atoms with E-state index in [1.807, 2.05) is 42.5 Å². The maximum absolute atomic E-state index is 12.4. The summed E-state index contributed by atoms with van der Waals surface area (Å²) >= 11 is 5.92. The van der Waals surface area contributed by atoms with Crippen LogP contribution in [0.5, 0.6) is 11.5 Å². The standard InChI is InChI=1S/C26H20ClN5O3/c1-34-23-13-18(9-12-22(23)35-16-17-7-10-20(27)11-8-17)15-29-32-26-30-24(19-5-3-2-4-6-19)21(14-28)25(33)31-26/h2-13,15H,16H2,1H3,(H2,30,31,32,33). The van der Waals surface area contributed by atoms with Crippen molar-refractivity contribution in [3.05, 3.63) is 105 Å². The number of aromatic amines is 1. The molecule has 0 saturated carbocycles. The van der Waals surface area contributed by atoms with Gasteiger partial charge >= 0.3 is 0 Å². The van der Waals surface area contributed by atoms with Gasteiger partial charge in [-0.2, -0.15) is 10.4 Å². The fourth-order valence-corrected chi connectivity index (χ4v) is 3.35. The Morgan fingerprint density at radius 2 is 1.89 bits per heavy atom. The summed E-state index contributed by atoms with van der Waals surface area (Å²) in [7, 11) is 1.56. The molecule has 2 N–H and O–H groups in total. The SMILES string of the molecule is COc1cc(C=NNc2nc(-c3ccccc3)c(C#N)c(=O)[nH]2)ccc1OCc1ccc(Cl)cc1. The predicted octanol–water partition coefficient (Wildman–Crippen LogP) is 5.00. The normalized spacial score (nSPS) is 10.7. The van der Waals surface area contributed by atoms with Gasteiger partial charge in [0.25, 0.3) is 5.56 Å². The molecular formula is C26H20ClN5O3. The summed E-state index contributed by atoms with van der Waals surface area (Å²) in [5, 5.41) is 14.2. The molecule has 8 nitrogen and oxygen atoms in total. The van der Waals surface area contributed by atoms with Gasteiger partial charge in [-0.1, -0.05) is 54.1 Å². The van der Waals surface area contributed by atoms with E-state index in [-0.39, 0.29) is 17.2 Å². The van der Waals surface area contributed by atoms with Crippen LogP contribution in [-0.2, 0) is 6.61 Å². The first-order chi connectivity index (χ1) is 17.1. The number of hydrazone groups is 1. The molecule has 1 heterocycles. The van der Waals surface area contributed by atoms with Crippen molar-refractivity contribution < 1.29 is 9.47 Å². The summed E-state index contributed by atoms with van der Waals surface area (Å²) in [4.78, 5) is 19.2. The zero-order valence-corrected chi connectivity index (χ0v) is 19.4. The van der Waals surface area contributed by atoms with E-state index in [1.54, 1.807) is 49.7 Å². The number of anilines is 1. The largest absolute Gasteiger partial charge is 0.493 e. The first kappa shape index (κ1) is 23.5. The number of H-pyrrole nitrogens is 1. The summed E-state index contributed by atoms with van der Waals surface area (Å²) in [6.45, 7) is 0.365. The van der Waals surface area contributed by atoms with E-state index >= 15 is 0 Å². The molecule has 35 heavy (non-hydrogen) atoms. The molecule has 0 radical (unpaired) electrons. The lowest BCUT2D eigenvalue weighted by molar-refractivity contribution is 0.284. The molecule has 0 fully saturated rings. The molecule has 0 saturated heterocycles. The third kappa shape index (κ3) is 5.85. The minimum absolute atomic E-state index is 0.0651. The second-order valence-corrected chi connectivity index (χ2v) is 7.75. The molecule has 4 aromatic rings. The lowest BCUT2D eigenvalue weighted by Gasteiger charge is -2.11. The third-order valence-electron chi connectivity index (χ3n) is 4.96. The van der Waals surface area contributed by atoms with Crippen molar-refractivity contribution in [1.29, 1.82) is 5.26 Å². The average Bonchev–Trinajstić information content (AvgIpc) is 2.89. The van der Waals surface area contributed by atoms with Crippen molar-refractivity contribution in [3.8, 4) is 28.8 Å². The molecule has 0 amide bonds. The molecule has 3 aromatic carbocycles. The van der Waals surface area contributed by atoms with Gasteiger partial charge in [0.15, 0.2) is 11.5 Å². The van der Waals surface area contributed by atoms with Gasteiger partial charge in [-0.15, -0.1) is 0 Å². The molecule has 0 atom stereocenters. The van der Waals surface area contributed by atoms with Crippen LogP contribution in [0.3, 0.4) is 0 Å². The van der Waals surface area contributed by atoms with Gasteiger partial charge in [0.1, 0.15) is 18.2 Å². The molecule has 9 heteroatoms. The molecule has 0 aliphatic rings. The van der Waals surface area contributed by atoms with E-state index in [4.69, 9.17) is 21.1 Å². The number of halogens is 1. The van der Waals surface area contributed by atoms with Crippen LogP contribution in [0.4, 0.5) is 5.95 Å². The van der Waals surface area contributed by atoms with Gasteiger partial charge in [0.05, 0.1) is 19.0 Å². The first-order valence-electron chi connectivity index (χ1n) is 10.5. The zero-order chi connectivity index (χ0) is 24.6. The first-order valence-corrected chi connectivity index (χ1v) is 10.9. The van der Waals surface area contributed by atoms with E-state index in [9.17, 15) is 10.1 Å². The number of hydrogen-bond donors (Lipinski definition) is 2. The molecule has 174 valence electrons. The van der Waals surface area contributed by atoms with Gasteiger partial charge in [-0.3, -0.25) is 9.78 Å². The minimum Gasteiger partial charge on any atom is -0.493 e. The number of nitrogens with one attached hydrogen (secondary N) is 2. The number of hydrogen-bond acceptors (Lipinski definition) is 7. The predicted molar refractivity (Wildman–Crippen MR) is 135 cm³/mol. The van der Waals surface area contributed by atoms with Crippen LogP contribution in [-0.4, -0.2) is 23.3 Å². The molecule has 0 unspecified atom stereocenters. The Balaban J connectivity index is 1.48. The van der Waals surface area contributed by atoms with Crippen molar-refractivity contribution in [2.75, 3.05) is 12.5 Å². The highest BCUT2D eigenvalue weighted by Crippen LogP contribution is 2.28. The van der Waals surface area contributed by atoms with Gasteiger partial charge in [0, 0.05) is 10.6 Å². The second-order valence-electron chi connectivity index (χ2n) is 7.31. The van der Waals surface area contributed by atoms with Crippen molar-refractivity contribution in [2.24, 2.45) is 5.10 Å². The van der Waals surface area contributed by atoms with Crippen LogP contribution in [0.2, 0.25) is 5.02 Å². The highest BCUT2D eigenvalue weighted by Gasteiger charge is 2.13. The molecule has 0 bridgehead atoms. The van der Waals surface area contributed by atoms with Crippen LogP contribution in [0.1, 0.15) is 16.7 Å². The Kier molecular flexibility index (Phi) is 7.40. The Morgan fingerprint density at radius 1 is 1.11 bits per heavy atom. The molecule has 4 rings (SSSR count). The number of rotatable bonds is 8. The van der Waals surface area contributed by atoms with Gasteiger partial charge in [-0.25, -0.2) is 10.4 Å². The number of methoxy groups -OCH3 is 1. The number of nitriles is 1. The maximum atomic E-state index is 12.4. The number of benzene rings is 3. The van der Waals surface area contributed by atoms with Crippen LogP contribution in [0.25, 0.3) is 11.3 Å². The van der Waals surface area contributed by atoms with E-state index in [0.29, 0.717) is 28.7 Å². The third-order valence-corrected chi connectivity index (χ3v) is 5.21. The van der Waals surface area contributed by atoms with Gasteiger partial charge < -0.3 is 9.47 Å². The van der Waals surface area contributed by atoms with Crippen molar-refractivity contribution in [1.82, 2.24) is 9.97 Å². The van der Waals surface area contributed by atoms with Crippen LogP contribution < -0.4 is 20.5 Å².